The van der Waals surface area contributed by atoms with Gasteiger partial charge in [0.15, 0.2) is 0 Å². The van der Waals surface area contributed by atoms with Crippen molar-refractivity contribution in [2.24, 2.45) is 0 Å². The topological polar surface area (TPSA) is 116 Å². The number of carbonyl (C=O) groups excluding carboxylic acids is 1. The van der Waals surface area contributed by atoms with Crippen LogP contribution in [0.2, 0.25) is 0 Å². The molecule has 2 rings (SSSR count). The summed E-state index contributed by atoms with van der Waals surface area (Å²) in [5.41, 5.74) is -0.0256. The van der Waals surface area contributed by atoms with Crippen LogP contribution in [0.25, 0.3) is 0 Å². The molecule has 0 saturated heterocycles. The number of rotatable bonds is 5. The standard InChI is InChI=1S/C14H12N2O6S/c1-22-14(17)10-4-2-5-11(8-10)15-23(20,21)13-7-3-6-12(9-13)16(18)19/h2-9,15H,1H3. The zero-order valence-electron chi connectivity index (χ0n) is 11.9. The van der Waals surface area contributed by atoms with Gasteiger partial charge in [0.05, 0.1) is 22.5 Å². The van der Waals surface area contributed by atoms with Crippen molar-refractivity contribution in [1.29, 1.82) is 0 Å². The highest BCUT2D eigenvalue weighted by Crippen LogP contribution is 2.21. The summed E-state index contributed by atoms with van der Waals surface area (Å²) < 4.78 is 31.4. The number of anilines is 1. The molecule has 0 spiro atoms. The average Bonchev–Trinajstić information content (AvgIpc) is 2.54. The lowest BCUT2D eigenvalue weighted by Gasteiger charge is -2.09. The van der Waals surface area contributed by atoms with Gasteiger partial charge in [-0.25, -0.2) is 13.2 Å². The van der Waals surface area contributed by atoms with Crippen LogP contribution in [0.4, 0.5) is 11.4 Å². The molecule has 23 heavy (non-hydrogen) atoms. The Bertz CT molecular complexity index is 863. The Morgan fingerprint density at radius 3 is 2.52 bits per heavy atom. The maximum Gasteiger partial charge on any atom is 0.337 e. The molecule has 8 nitrogen and oxygen atoms in total. The van der Waals surface area contributed by atoms with Crippen molar-refractivity contribution in [2.45, 2.75) is 4.90 Å². The van der Waals surface area contributed by atoms with Gasteiger partial charge in [-0.2, -0.15) is 0 Å². The summed E-state index contributed by atoms with van der Waals surface area (Å²) in [6, 6.07) is 10.4. The van der Waals surface area contributed by atoms with Crippen LogP contribution in [0, 0.1) is 10.1 Å². The predicted octanol–water partition coefficient (Wildman–Crippen LogP) is 2.18. The number of nitrogens with zero attached hydrogens (tertiary/aromatic N) is 1. The maximum absolute atomic E-state index is 12.3. The molecule has 0 bridgehead atoms. The summed E-state index contributed by atoms with van der Waals surface area (Å²) in [7, 11) is -2.81. The van der Waals surface area contributed by atoms with Crippen molar-refractivity contribution in [3.05, 3.63) is 64.2 Å². The molecule has 2 aromatic rings. The number of ether oxygens (including phenoxy) is 1. The number of benzene rings is 2. The lowest BCUT2D eigenvalue weighted by atomic mass is 10.2. The highest BCUT2D eigenvalue weighted by atomic mass is 32.2. The van der Waals surface area contributed by atoms with Gasteiger partial charge < -0.3 is 4.74 Å². The lowest BCUT2D eigenvalue weighted by Crippen LogP contribution is -2.13. The molecule has 0 aliphatic rings. The SMILES string of the molecule is COC(=O)c1cccc(NS(=O)(=O)c2cccc([N+](=O)[O-])c2)c1. The molecule has 0 unspecified atom stereocenters. The molecule has 120 valence electrons. The van der Waals surface area contributed by atoms with Crippen LogP contribution < -0.4 is 4.72 Å². The second-order valence-electron chi connectivity index (χ2n) is 4.43. The van der Waals surface area contributed by atoms with Crippen LogP contribution in [0.5, 0.6) is 0 Å². The Kier molecular flexibility index (Phi) is 4.60. The molecule has 0 aromatic heterocycles. The number of hydrogen-bond acceptors (Lipinski definition) is 6. The van der Waals surface area contributed by atoms with Crippen molar-refractivity contribution in [1.82, 2.24) is 0 Å². The van der Waals surface area contributed by atoms with Crippen LogP contribution in [-0.4, -0.2) is 26.4 Å². The molecule has 0 fully saturated rings. The second kappa shape index (κ2) is 6.44. The Hall–Kier alpha value is -2.94. The lowest BCUT2D eigenvalue weighted by molar-refractivity contribution is -0.385. The number of nitrogens with one attached hydrogen (secondary N) is 1. The highest BCUT2D eigenvalue weighted by molar-refractivity contribution is 7.92. The van der Waals surface area contributed by atoms with E-state index in [0.717, 1.165) is 6.07 Å². The molecule has 0 heterocycles. The summed E-state index contributed by atoms with van der Waals surface area (Å²) in [5.74, 6) is -0.610. The minimum atomic E-state index is -4.03. The van der Waals surface area contributed by atoms with E-state index in [1.165, 1.54) is 49.6 Å². The van der Waals surface area contributed by atoms with Crippen molar-refractivity contribution in [3.8, 4) is 0 Å². The van der Waals surface area contributed by atoms with Crippen molar-refractivity contribution >= 4 is 27.4 Å². The second-order valence-corrected chi connectivity index (χ2v) is 6.11. The maximum atomic E-state index is 12.3. The minimum absolute atomic E-state index is 0.138. The predicted molar refractivity (Wildman–Crippen MR) is 81.7 cm³/mol. The Balaban J connectivity index is 2.33. The molecule has 0 aliphatic carbocycles. The van der Waals surface area contributed by atoms with Crippen molar-refractivity contribution < 1.29 is 22.9 Å². The third-order valence-corrected chi connectivity index (χ3v) is 4.25. The summed E-state index contributed by atoms with van der Waals surface area (Å²) in [5, 5.41) is 10.7. The molecule has 1 N–H and O–H groups in total. The number of carbonyl (C=O) groups is 1. The normalized spacial score (nSPS) is 10.8. The van der Waals surface area contributed by atoms with Gasteiger partial charge in [0.25, 0.3) is 15.7 Å². The first-order valence-electron chi connectivity index (χ1n) is 6.29. The average molecular weight is 336 g/mol. The van der Waals surface area contributed by atoms with E-state index in [2.05, 4.69) is 9.46 Å². The van der Waals surface area contributed by atoms with Gasteiger partial charge in [0, 0.05) is 17.8 Å². The van der Waals surface area contributed by atoms with Gasteiger partial charge in [-0.3, -0.25) is 14.8 Å². The van der Waals surface area contributed by atoms with Crippen molar-refractivity contribution in [2.75, 3.05) is 11.8 Å². The number of sulfonamides is 1. The first-order chi connectivity index (χ1) is 10.8. The number of nitro groups is 1. The fraction of sp³-hybridized carbons (Fsp3) is 0.0714. The van der Waals surface area contributed by atoms with Gasteiger partial charge in [0.2, 0.25) is 0 Å². The first-order valence-corrected chi connectivity index (χ1v) is 7.77. The van der Waals surface area contributed by atoms with Gasteiger partial charge in [0.1, 0.15) is 0 Å². The molecule has 0 atom stereocenters. The number of nitro benzene ring substituents is 1. The smallest absolute Gasteiger partial charge is 0.337 e. The Labute approximate surface area is 131 Å². The molecule has 9 heteroatoms. The van der Waals surface area contributed by atoms with Crippen LogP contribution in [0.1, 0.15) is 10.4 Å². The summed E-state index contributed by atoms with van der Waals surface area (Å²) in [6.07, 6.45) is 0. The quantitative estimate of drug-likeness (QED) is 0.508. The van der Waals surface area contributed by atoms with E-state index in [9.17, 15) is 23.3 Å². The fourth-order valence-electron chi connectivity index (χ4n) is 1.81. The number of methoxy groups -OCH3 is 1. The molecule has 0 radical (unpaired) electrons. The largest absolute Gasteiger partial charge is 0.465 e. The van der Waals surface area contributed by atoms with E-state index in [1.54, 1.807) is 0 Å². The zero-order chi connectivity index (χ0) is 17.0. The summed E-state index contributed by atoms with van der Waals surface area (Å²) in [4.78, 5) is 21.2. The summed E-state index contributed by atoms with van der Waals surface area (Å²) >= 11 is 0. The number of hydrogen-bond donors (Lipinski definition) is 1. The third-order valence-electron chi connectivity index (χ3n) is 2.87. The van der Waals surface area contributed by atoms with Crippen LogP contribution in [0.15, 0.2) is 53.4 Å². The third kappa shape index (κ3) is 3.83. The zero-order valence-corrected chi connectivity index (χ0v) is 12.7. The van der Waals surface area contributed by atoms with E-state index >= 15 is 0 Å². The highest BCUT2D eigenvalue weighted by Gasteiger charge is 2.18. The van der Waals surface area contributed by atoms with Crippen LogP contribution in [-0.2, 0) is 14.8 Å². The molecule has 0 saturated carbocycles. The van der Waals surface area contributed by atoms with E-state index in [-0.39, 0.29) is 21.8 Å². The molecule has 2 aromatic carbocycles. The fourth-order valence-corrected chi connectivity index (χ4v) is 2.89. The van der Waals surface area contributed by atoms with E-state index in [4.69, 9.17) is 0 Å². The van der Waals surface area contributed by atoms with Gasteiger partial charge >= 0.3 is 5.97 Å². The minimum Gasteiger partial charge on any atom is -0.465 e. The van der Waals surface area contributed by atoms with Gasteiger partial charge in [-0.1, -0.05) is 12.1 Å². The van der Waals surface area contributed by atoms with Crippen LogP contribution in [0.3, 0.4) is 0 Å². The first kappa shape index (κ1) is 16.4. The molecule has 0 aliphatic heterocycles. The molecular formula is C14H12N2O6S. The number of esters is 1. The van der Waals surface area contributed by atoms with E-state index in [0.29, 0.717) is 0 Å². The van der Waals surface area contributed by atoms with E-state index in [1.807, 2.05) is 0 Å². The van der Waals surface area contributed by atoms with Gasteiger partial charge in [-0.05, 0) is 24.3 Å². The van der Waals surface area contributed by atoms with Crippen molar-refractivity contribution in [3.63, 3.8) is 0 Å². The Morgan fingerprint density at radius 2 is 1.87 bits per heavy atom. The molecule has 0 amide bonds. The molecular weight excluding hydrogens is 324 g/mol. The number of non-ortho nitro benzene ring substituents is 1. The van der Waals surface area contributed by atoms with E-state index < -0.39 is 20.9 Å². The summed E-state index contributed by atoms with van der Waals surface area (Å²) in [6.45, 7) is 0. The monoisotopic (exact) mass is 336 g/mol. The van der Waals surface area contributed by atoms with Crippen LogP contribution >= 0.6 is 0 Å². The Morgan fingerprint density at radius 1 is 1.17 bits per heavy atom. The van der Waals surface area contributed by atoms with Gasteiger partial charge in [-0.15, -0.1) is 0 Å².